The van der Waals surface area contributed by atoms with E-state index in [1.165, 1.54) is 50.1 Å². The molecular formula is C57H36N4. The third kappa shape index (κ3) is 5.46. The smallest absolute Gasteiger partial charge is 0.164 e. The van der Waals surface area contributed by atoms with Crippen molar-refractivity contribution in [3.63, 3.8) is 0 Å². The number of fused-ring (bicyclic) bond motifs is 12. The van der Waals surface area contributed by atoms with Crippen molar-refractivity contribution in [3.8, 4) is 89.8 Å². The van der Waals surface area contributed by atoms with Crippen molar-refractivity contribution in [2.24, 2.45) is 0 Å². The molecule has 0 aliphatic heterocycles. The average molecular weight is 777 g/mol. The van der Waals surface area contributed by atoms with E-state index in [9.17, 15) is 0 Å². The van der Waals surface area contributed by atoms with Gasteiger partial charge in [0.15, 0.2) is 17.5 Å². The van der Waals surface area contributed by atoms with Gasteiger partial charge in [-0.1, -0.05) is 188 Å². The second kappa shape index (κ2) is 14.0. The average Bonchev–Trinajstić information content (AvgIpc) is 3.59. The monoisotopic (exact) mass is 776 g/mol. The van der Waals surface area contributed by atoms with Crippen LogP contribution < -0.4 is 0 Å². The first kappa shape index (κ1) is 34.9. The van der Waals surface area contributed by atoms with Gasteiger partial charge in [-0.25, -0.2) is 15.0 Å². The quantitative estimate of drug-likeness (QED) is 0.175. The second-order valence-corrected chi connectivity index (χ2v) is 15.7. The van der Waals surface area contributed by atoms with Gasteiger partial charge in [-0.15, -0.1) is 0 Å². The van der Waals surface area contributed by atoms with E-state index >= 15 is 0 Å². The summed E-state index contributed by atoms with van der Waals surface area (Å²) in [4.78, 5) is 20.5. The maximum atomic E-state index is 5.41. The maximum absolute atomic E-state index is 5.41. The molecule has 61 heavy (non-hydrogen) atoms. The minimum atomic E-state index is -0.616. The lowest BCUT2D eigenvalue weighted by Gasteiger charge is -2.35. The van der Waals surface area contributed by atoms with Gasteiger partial charge in [0.05, 0.1) is 5.41 Å². The Kier molecular flexibility index (Phi) is 8.04. The summed E-state index contributed by atoms with van der Waals surface area (Å²) in [5, 5.41) is 0. The van der Waals surface area contributed by atoms with Crippen molar-refractivity contribution in [1.29, 1.82) is 0 Å². The molecular weight excluding hydrogens is 741 g/mol. The van der Waals surface area contributed by atoms with Crippen molar-refractivity contribution in [1.82, 2.24) is 19.9 Å². The Morgan fingerprint density at radius 2 is 0.705 bits per heavy atom. The van der Waals surface area contributed by atoms with Gasteiger partial charge < -0.3 is 0 Å². The molecule has 10 aromatic rings. The lowest BCUT2D eigenvalue weighted by atomic mass is 9.66. The largest absolute Gasteiger partial charge is 0.264 e. The van der Waals surface area contributed by atoms with E-state index in [1.54, 1.807) is 6.20 Å². The highest BCUT2D eigenvalue weighted by atomic mass is 15.0. The van der Waals surface area contributed by atoms with E-state index in [2.05, 4.69) is 199 Å². The van der Waals surface area contributed by atoms with E-state index in [0.717, 1.165) is 44.5 Å². The van der Waals surface area contributed by atoms with E-state index in [-0.39, 0.29) is 0 Å². The molecule has 0 fully saturated rings. The van der Waals surface area contributed by atoms with Crippen LogP contribution in [0.3, 0.4) is 0 Å². The van der Waals surface area contributed by atoms with Crippen molar-refractivity contribution < 1.29 is 0 Å². The molecule has 0 saturated carbocycles. The fourth-order valence-electron chi connectivity index (χ4n) is 9.88. The van der Waals surface area contributed by atoms with E-state index in [1.807, 2.05) is 18.3 Å². The molecule has 4 nitrogen and oxygen atoms in total. The van der Waals surface area contributed by atoms with Gasteiger partial charge in [0.1, 0.15) is 0 Å². The summed E-state index contributed by atoms with van der Waals surface area (Å²) in [7, 11) is 0. The molecule has 0 radical (unpaired) electrons. The lowest BCUT2D eigenvalue weighted by molar-refractivity contribution is 0.775. The van der Waals surface area contributed by atoms with Gasteiger partial charge in [0.25, 0.3) is 0 Å². The first-order chi connectivity index (χ1) is 30.3. The van der Waals surface area contributed by atoms with E-state index in [0.29, 0.717) is 17.5 Å². The summed E-state index contributed by atoms with van der Waals surface area (Å²) in [5.74, 6) is 1.85. The van der Waals surface area contributed by atoms with Crippen LogP contribution in [0.4, 0.5) is 0 Å². The number of aromatic nitrogens is 4. The molecule has 0 unspecified atom stereocenters. The van der Waals surface area contributed by atoms with Crippen LogP contribution >= 0.6 is 0 Å². The number of hydrogen-bond donors (Lipinski definition) is 0. The zero-order valence-corrected chi connectivity index (χ0v) is 33.1. The van der Waals surface area contributed by atoms with Gasteiger partial charge in [0, 0.05) is 34.6 Å². The van der Waals surface area contributed by atoms with E-state index in [4.69, 9.17) is 15.0 Å². The van der Waals surface area contributed by atoms with Crippen LogP contribution in [0.25, 0.3) is 89.8 Å². The molecule has 0 atom stereocenters. The fourth-order valence-corrected chi connectivity index (χ4v) is 9.88. The zero-order valence-electron chi connectivity index (χ0n) is 33.1. The minimum absolute atomic E-state index is 0.607. The molecule has 0 bridgehead atoms. The summed E-state index contributed by atoms with van der Waals surface area (Å²) in [6.45, 7) is 0. The molecule has 2 aliphatic rings. The number of hydrogen-bond acceptors (Lipinski definition) is 4. The van der Waals surface area contributed by atoms with Gasteiger partial charge in [0.2, 0.25) is 0 Å². The molecule has 2 aliphatic carbocycles. The number of rotatable bonds is 5. The molecule has 2 aromatic heterocycles. The predicted molar refractivity (Wildman–Crippen MR) is 247 cm³/mol. The van der Waals surface area contributed by atoms with Gasteiger partial charge in [-0.2, -0.15) is 0 Å². The molecule has 1 spiro atoms. The number of benzene rings is 8. The van der Waals surface area contributed by atoms with Gasteiger partial charge in [-0.3, -0.25) is 4.98 Å². The van der Waals surface area contributed by atoms with Gasteiger partial charge in [-0.05, 0) is 90.5 Å². The fraction of sp³-hybridized carbons (Fsp3) is 0.0175. The van der Waals surface area contributed by atoms with Crippen LogP contribution in [-0.4, -0.2) is 19.9 Å². The Hall–Kier alpha value is -8.08. The predicted octanol–water partition coefficient (Wildman–Crippen LogP) is 13.6. The number of nitrogens with zero attached hydrogens (tertiary/aromatic N) is 4. The third-order valence-electron chi connectivity index (χ3n) is 12.5. The van der Waals surface area contributed by atoms with Crippen LogP contribution in [0.2, 0.25) is 0 Å². The zero-order chi connectivity index (χ0) is 40.3. The summed E-state index contributed by atoms with van der Waals surface area (Å²) < 4.78 is 0. The van der Waals surface area contributed by atoms with Crippen LogP contribution in [0, 0.1) is 0 Å². The Morgan fingerprint density at radius 3 is 1.31 bits per heavy atom. The highest BCUT2D eigenvalue weighted by molar-refractivity contribution is 6.00. The maximum Gasteiger partial charge on any atom is 0.164 e. The first-order valence-electron chi connectivity index (χ1n) is 20.7. The van der Waals surface area contributed by atoms with Crippen molar-refractivity contribution >= 4 is 0 Å². The molecule has 8 aromatic carbocycles. The highest BCUT2D eigenvalue weighted by Gasteiger charge is 2.50. The summed E-state index contributed by atoms with van der Waals surface area (Å²) in [5.41, 5.74) is 18.7. The molecule has 0 N–H and O–H groups in total. The van der Waals surface area contributed by atoms with Crippen molar-refractivity contribution in [3.05, 3.63) is 241 Å². The third-order valence-corrected chi connectivity index (χ3v) is 12.5. The van der Waals surface area contributed by atoms with Crippen LogP contribution in [-0.2, 0) is 5.41 Å². The molecule has 284 valence electrons. The molecule has 0 saturated heterocycles. The summed E-state index contributed by atoms with van der Waals surface area (Å²) >= 11 is 0. The second-order valence-electron chi connectivity index (χ2n) is 15.7. The van der Waals surface area contributed by atoms with Gasteiger partial charge >= 0.3 is 0 Å². The molecule has 4 heteroatoms. The summed E-state index contributed by atoms with van der Waals surface area (Å²) in [6, 6.07) is 73.9. The van der Waals surface area contributed by atoms with Crippen LogP contribution in [0.5, 0.6) is 0 Å². The highest BCUT2D eigenvalue weighted by Crippen LogP contribution is 2.62. The van der Waals surface area contributed by atoms with Crippen LogP contribution in [0.15, 0.2) is 219 Å². The minimum Gasteiger partial charge on any atom is -0.264 e. The summed E-state index contributed by atoms with van der Waals surface area (Å²) in [6.07, 6.45) is 3.69. The lowest BCUT2D eigenvalue weighted by Crippen LogP contribution is -2.29. The SMILES string of the molecule is c1ccc(-c2cccc(-c3nc(-c4cccc(-c5cccnc5)c4)nc(-c4cccc5c4-c4ccccc4C54c5ccccc5-c5ccccc5-c5ccccc54)n3)c2)cc1. The first-order valence-corrected chi connectivity index (χ1v) is 20.7. The normalized spacial score (nSPS) is 12.7. The van der Waals surface area contributed by atoms with Crippen molar-refractivity contribution in [2.45, 2.75) is 5.41 Å². The molecule has 0 amide bonds. The Bertz CT molecular complexity index is 3150. The van der Waals surface area contributed by atoms with Crippen LogP contribution in [0.1, 0.15) is 22.3 Å². The number of pyridine rings is 1. The molecule has 2 heterocycles. The van der Waals surface area contributed by atoms with Crippen molar-refractivity contribution in [2.75, 3.05) is 0 Å². The molecule has 12 rings (SSSR count). The topological polar surface area (TPSA) is 51.6 Å². The Balaban J connectivity index is 1.14. The van der Waals surface area contributed by atoms with E-state index < -0.39 is 5.41 Å². The standard InChI is InChI=1S/C57H36N4/c1-2-16-37(17-3-1)38-18-12-20-40(34-38)54-59-55(41-21-13-19-39(35-41)42-22-15-33-58-36-42)61-56(60-54)48-28-14-32-52-53(48)47-27-8-11-31-51(47)57(52)49-29-9-6-25-45(49)43-23-4-5-24-44(43)46-26-7-10-30-50(46)57/h1-36H. The Labute approximate surface area is 354 Å². The Morgan fingerprint density at radius 1 is 0.279 bits per heavy atom.